The van der Waals surface area contributed by atoms with Crippen LogP contribution in [-0.4, -0.2) is 34.8 Å². The van der Waals surface area contributed by atoms with Gasteiger partial charge in [-0.1, -0.05) is 43.3 Å². The van der Waals surface area contributed by atoms with E-state index in [-0.39, 0.29) is 29.8 Å². The van der Waals surface area contributed by atoms with Crippen LogP contribution in [0.5, 0.6) is 0 Å². The Morgan fingerprint density at radius 1 is 1.10 bits per heavy atom. The van der Waals surface area contributed by atoms with Crippen LogP contribution in [0.3, 0.4) is 0 Å². The summed E-state index contributed by atoms with van der Waals surface area (Å²) in [5, 5.41) is 0.880. The first kappa shape index (κ1) is 21.0. The zero-order valence-corrected chi connectivity index (χ0v) is 17.2. The van der Waals surface area contributed by atoms with Crippen molar-refractivity contribution in [1.29, 1.82) is 0 Å². The molecule has 2 heterocycles. The molecule has 0 amide bonds. The quantitative estimate of drug-likeness (QED) is 0.622. The Kier molecular flexibility index (Phi) is 6.68. The zero-order chi connectivity index (χ0) is 19.5. The van der Waals surface area contributed by atoms with E-state index in [2.05, 4.69) is 47.1 Å². The third-order valence-electron chi connectivity index (χ3n) is 5.52. The van der Waals surface area contributed by atoms with Crippen LogP contribution in [0.15, 0.2) is 71.5 Å². The topological polar surface area (TPSA) is 53.2 Å². The molecule has 0 saturated carbocycles. The van der Waals surface area contributed by atoms with E-state index in [0.717, 1.165) is 36.8 Å². The number of aromatic nitrogens is 1. The van der Waals surface area contributed by atoms with Gasteiger partial charge >= 0.3 is 0 Å². The van der Waals surface area contributed by atoms with Crippen molar-refractivity contribution >= 4 is 34.7 Å². The molecule has 29 heavy (non-hydrogen) atoms. The number of carbonyl (C=O) groups excluding carboxylic acids is 1. The Labute approximate surface area is 176 Å². The lowest BCUT2D eigenvalue weighted by atomic mass is 9.95. The van der Waals surface area contributed by atoms with E-state index in [1.165, 1.54) is 17.2 Å². The average Bonchev–Trinajstić information content (AvgIpc) is 2.75. The molecular weight excluding hydrogens is 384 g/mol. The number of aromatic amines is 1. The van der Waals surface area contributed by atoms with Crippen LogP contribution < -0.4 is 5.56 Å². The minimum atomic E-state index is -0.132. The third kappa shape index (κ3) is 4.50. The van der Waals surface area contributed by atoms with Gasteiger partial charge in [0.15, 0.2) is 5.78 Å². The standard InChI is InChI=1S/C24H24N2O2.ClH/c1-2-22(26-14-12-18(13-15-26)17-6-4-3-5-7-17)24(28)20-8-10-21-19(16-20)9-11-23(27)25-21;/h3-12,16,22H,2,13-15H2,1H3,(H,25,27);1H. The number of nitrogens with one attached hydrogen (secondary N) is 1. The molecule has 0 spiro atoms. The zero-order valence-electron chi connectivity index (χ0n) is 16.4. The van der Waals surface area contributed by atoms with Crippen LogP contribution in [0.4, 0.5) is 0 Å². The predicted molar refractivity (Wildman–Crippen MR) is 121 cm³/mol. The van der Waals surface area contributed by atoms with Gasteiger partial charge < -0.3 is 4.98 Å². The lowest BCUT2D eigenvalue weighted by Crippen LogP contribution is -2.43. The minimum Gasteiger partial charge on any atom is -0.322 e. The van der Waals surface area contributed by atoms with Gasteiger partial charge in [-0.05, 0) is 53.6 Å². The van der Waals surface area contributed by atoms with Crippen molar-refractivity contribution in [2.75, 3.05) is 13.1 Å². The van der Waals surface area contributed by atoms with Crippen molar-refractivity contribution in [1.82, 2.24) is 9.88 Å². The fourth-order valence-corrected chi connectivity index (χ4v) is 3.99. The van der Waals surface area contributed by atoms with E-state index in [1.807, 2.05) is 24.3 Å². The SMILES string of the molecule is CCC(C(=O)c1ccc2[nH]c(=O)ccc2c1)N1CC=C(c2ccccc2)CC1.Cl. The highest BCUT2D eigenvalue weighted by molar-refractivity contribution is 6.02. The number of halogens is 1. The third-order valence-corrected chi connectivity index (χ3v) is 5.52. The van der Waals surface area contributed by atoms with Crippen molar-refractivity contribution < 1.29 is 4.79 Å². The highest BCUT2D eigenvalue weighted by atomic mass is 35.5. The van der Waals surface area contributed by atoms with Gasteiger partial charge in [-0.15, -0.1) is 12.4 Å². The first-order chi connectivity index (χ1) is 13.7. The number of H-pyrrole nitrogens is 1. The molecule has 1 N–H and O–H groups in total. The number of nitrogens with zero attached hydrogens (tertiary/aromatic N) is 1. The predicted octanol–water partition coefficient (Wildman–Crippen LogP) is 4.70. The number of carbonyl (C=O) groups is 1. The van der Waals surface area contributed by atoms with E-state index >= 15 is 0 Å². The Bertz CT molecular complexity index is 1090. The average molecular weight is 409 g/mol. The smallest absolute Gasteiger partial charge is 0.248 e. The highest BCUT2D eigenvalue weighted by Gasteiger charge is 2.26. The van der Waals surface area contributed by atoms with Gasteiger partial charge in [0.05, 0.1) is 6.04 Å². The fraction of sp³-hybridized carbons (Fsp3) is 0.250. The van der Waals surface area contributed by atoms with Crippen LogP contribution in [0.2, 0.25) is 0 Å². The van der Waals surface area contributed by atoms with Gasteiger partial charge in [-0.3, -0.25) is 14.5 Å². The molecule has 0 saturated heterocycles. The van der Waals surface area contributed by atoms with Crippen LogP contribution >= 0.6 is 12.4 Å². The van der Waals surface area contributed by atoms with Gasteiger partial charge in [0.25, 0.3) is 0 Å². The molecule has 1 atom stereocenters. The summed E-state index contributed by atoms with van der Waals surface area (Å²) < 4.78 is 0. The van der Waals surface area contributed by atoms with Crippen molar-refractivity contribution in [3.05, 3.63) is 88.2 Å². The lowest BCUT2D eigenvalue weighted by molar-refractivity contribution is 0.0826. The van der Waals surface area contributed by atoms with Crippen molar-refractivity contribution in [2.24, 2.45) is 0 Å². The Balaban J connectivity index is 0.00000240. The van der Waals surface area contributed by atoms with Gasteiger partial charge in [-0.2, -0.15) is 0 Å². The summed E-state index contributed by atoms with van der Waals surface area (Å²) in [6, 6.07) is 19.1. The van der Waals surface area contributed by atoms with Gasteiger partial charge in [0, 0.05) is 30.2 Å². The van der Waals surface area contributed by atoms with Crippen molar-refractivity contribution in [3.8, 4) is 0 Å². The summed E-state index contributed by atoms with van der Waals surface area (Å²) in [7, 11) is 0. The van der Waals surface area contributed by atoms with Gasteiger partial charge in [-0.25, -0.2) is 0 Å². The Morgan fingerprint density at radius 2 is 1.90 bits per heavy atom. The van der Waals surface area contributed by atoms with Crippen LogP contribution in [0.1, 0.15) is 35.7 Å². The largest absolute Gasteiger partial charge is 0.322 e. The summed E-state index contributed by atoms with van der Waals surface area (Å²) in [6.45, 7) is 3.73. The van der Waals surface area contributed by atoms with Crippen LogP contribution in [0, 0.1) is 0 Å². The number of benzene rings is 2. The molecule has 150 valence electrons. The number of ketones is 1. The maximum absolute atomic E-state index is 13.2. The van der Waals surface area contributed by atoms with E-state index < -0.39 is 0 Å². The number of hydrogen-bond acceptors (Lipinski definition) is 3. The maximum atomic E-state index is 13.2. The van der Waals surface area contributed by atoms with E-state index in [4.69, 9.17) is 0 Å². The lowest BCUT2D eigenvalue weighted by Gasteiger charge is -2.32. The molecule has 1 unspecified atom stereocenters. The number of Topliss-reactive ketones (excluding diaryl/α,β-unsaturated/α-hetero) is 1. The Hall–Kier alpha value is -2.69. The first-order valence-electron chi connectivity index (χ1n) is 9.81. The summed E-state index contributed by atoms with van der Waals surface area (Å²) in [6.07, 6.45) is 3.98. The molecule has 3 aromatic rings. The Morgan fingerprint density at radius 3 is 2.59 bits per heavy atom. The monoisotopic (exact) mass is 408 g/mol. The number of rotatable bonds is 5. The first-order valence-corrected chi connectivity index (χ1v) is 9.81. The minimum absolute atomic E-state index is 0. The van der Waals surface area contributed by atoms with E-state index in [9.17, 15) is 9.59 Å². The summed E-state index contributed by atoms with van der Waals surface area (Å²) >= 11 is 0. The summed E-state index contributed by atoms with van der Waals surface area (Å²) in [5.74, 6) is 0.146. The second-order valence-corrected chi connectivity index (χ2v) is 7.25. The summed E-state index contributed by atoms with van der Waals surface area (Å²) in [4.78, 5) is 29.7. The molecule has 0 bridgehead atoms. The van der Waals surface area contributed by atoms with Gasteiger partial charge in [0.1, 0.15) is 0 Å². The van der Waals surface area contributed by atoms with Crippen molar-refractivity contribution in [3.63, 3.8) is 0 Å². The number of hydrogen-bond donors (Lipinski definition) is 1. The molecular formula is C24H25ClN2O2. The number of pyridine rings is 1. The second-order valence-electron chi connectivity index (χ2n) is 7.25. The van der Waals surface area contributed by atoms with Crippen LogP contribution in [-0.2, 0) is 0 Å². The second kappa shape index (κ2) is 9.21. The van der Waals surface area contributed by atoms with Gasteiger partial charge in [0.2, 0.25) is 5.56 Å². The fourth-order valence-electron chi connectivity index (χ4n) is 3.99. The molecule has 0 fully saturated rings. The molecule has 0 aliphatic carbocycles. The molecule has 1 aromatic heterocycles. The molecule has 4 nitrogen and oxygen atoms in total. The molecule has 0 radical (unpaired) electrons. The number of fused-ring (bicyclic) bond motifs is 1. The molecule has 2 aromatic carbocycles. The van der Waals surface area contributed by atoms with Crippen molar-refractivity contribution in [2.45, 2.75) is 25.8 Å². The molecule has 5 heteroatoms. The van der Waals surface area contributed by atoms with E-state index in [1.54, 1.807) is 6.07 Å². The molecule has 1 aliphatic rings. The summed E-state index contributed by atoms with van der Waals surface area (Å²) in [5.41, 5.74) is 3.95. The normalized spacial score (nSPS) is 15.4. The molecule has 4 rings (SSSR count). The molecule has 1 aliphatic heterocycles. The highest BCUT2D eigenvalue weighted by Crippen LogP contribution is 2.25. The van der Waals surface area contributed by atoms with Crippen LogP contribution in [0.25, 0.3) is 16.5 Å². The van der Waals surface area contributed by atoms with E-state index in [0.29, 0.717) is 5.56 Å². The maximum Gasteiger partial charge on any atom is 0.248 e.